The molecule has 0 heterocycles. The molecule has 0 aliphatic rings. The maximum absolute atomic E-state index is 14.5. The van der Waals surface area contributed by atoms with Gasteiger partial charge in [-0.3, -0.25) is 10.5 Å². The molecule has 0 saturated heterocycles. The third-order valence-electron chi connectivity index (χ3n) is 7.07. The van der Waals surface area contributed by atoms with Crippen molar-refractivity contribution >= 4 is 32.0 Å². The molecular weight excluding hydrogens is 621 g/mol. The van der Waals surface area contributed by atoms with Crippen LogP contribution < -0.4 is 5.09 Å². The van der Waals surface area contributed by atoms with Crippen molar-refractivity contribution < 1.29 is 52.1 Å². The average Bonchev–Trinajstić information content (AvgIpc) is 2.99. The van der Waals surface area contributed by atoms with E-state index in [4.69, 9.17) is 33.4 Å². The Morgan fingerprint density at radius 2 is 1.33 bits per heavy atom. The smallest absolute Gasteiger partial charge is 0.480 e. The maximum atomic E-state index is 14.5. The lowest BCUT2D eigenvalue weighted by molar-refractivity contribution is -0.182. The number of aliphatic carboxylic acids is 1. The van der Waals surface area contributed by atoms with Crippen LogP contribution in [0, 0.1) is 5.41 Å². The lowest BCUT2D eigenvalue weighted by atomic mass is 10.1. The zero-order valence-electron chi connectivity index (χ0n) is 28.2. The number of carboxylic acids is 1. The first-order valence-corrected chi connectivity index (χ1v) is 17.3. The van der Waals surface area contributed by atoms with Gasteiger partial charge >= 0.3 is 26.0 Å². The molecule has 3 N–H and O–H groups in total. The van der Waals surface area contributed by atoms with E-state index in [2.05, 4.69) is 5.09 Å². The highest BCUT2D eigenvalue weighted by Crippen LogP contribution is 2.53. The van der Waals surface area contributed by atoms with Gasteiger partial charge in [0.1, 0.15) is 6.04 Å². The number of hydrogen-bond acceptors (Lipinski definition) is 11. The number of carboxylic acid groups (broad SMARTS) is 1. The van der Waals surface area contributed by atoms with Crippen molar-refractivity contribution in [1.82, 2.24) is 9.99 Å². The van der Waals surface area contributed by atoms with Crippen molar-refractivity contribution in [1.29, 1.82) is 5.41 Å². The fraction of sp³-hybridized carbons (Fsp3) is 0.677. The van der Waals surface area contributed by atoms with Gasteiger partial charge in [-0.15, -0.1) is 0 Å². The minimum absolute atomic E-state index is 0.0159. The van der Waals surface area contributed by atoms with E-state index in [9.17, 15) is 24.1 Å². The summed E-state index contributed by atoms with van der Waals surface area (Å²) in [7, 11) is -3.49. The summed E-state index contributed by atoms with van der Waals surface area (Å²) in [5, 5.41) is 21.0. The van der Waals surface area contributed by atoms with E-state index in [0.29, 0.717) is 18.4 Å². The summed E-state index contributed by atoms with van der Waals surface area (Å²) in [6.07, 6.45) is 2.56. The van der Waals surface area contributed by atoms with E-state index >= 15 is 0 Å². The standard InChI is InChI=1S/C31H52N3O11P/c1-8-12-17-21-40-28(37)42-30(5,10-3)44-46(39,45-31(6,11-4)43-29(38)41-22-18-13-9-2)33-27(32)34(7)25(26(35)36)23-24-19-15-14-16-20-24/h14-16,19-20,25H,8-13,17-18,21-23H2,1-7H3,(H,35,36)(H2,32,33,39). The van der Waals surface area contributed by atoms with Crippen molar-refractivity contribution in [2.24, 2.45) is 0 Å². The molecule has 0 aromatic heterocycles. The van der Waals surface area contributed by atoms with E-state index in [0.717, 1.165) is 30.6 Å². The van der Waals surface area contributed by atoms with Gasteiger partial charge in [0, 0.05) is 40.2 Å². The molecule has 14 nitrogen and oxygen atoms in total. The van der Waals surface area contributed by atoms with Gasteiger partial charge in [0.2, 0.25) is 17.5 Å². The quantitative estimate of drug-likeness (QED) is 0.0297. The summed E-state index contributed by atoms with van der Waals surface area (Å²) < 4.78 is 47.1. The van der Waals surface area contributed by atoms with Gasteiger partial charge in [-0.1, -0.05) is 83.7 Å². The number of unbranched alkanes of at least 4 members (excludes halogenated alkanes) is 4. The monoisotopic (exact) mass is 673 g/mol. The van der Waals surface area contributed by atoms with Gasteiger partial charge in [-0.25, -0.2) is 28.0 Å². The predicted molar refractivity (Wildman–Crippen MR) is 171 cm³/mol. The fourth-order valence-corrected chi connectivity index (χ4v) is 5.80. The number of nitrogens with zero attached hydrogens (tertiary/aromatic N) is 1. The summed E-state index contributed by atoms with van der Waals surface area (Å²) in [5.74, 6) is -5.70. The molecule has 3 unspecified atom stereocenters. The largest absolute Gasteiger partial charge is 0.510 e. The predicted octanol–water partition coefficient (Wildman–Crippen LogP) is 7.22. The number of rotatable bonds is 21. The van der Waals surface area contributed by atoms with E-state index in [1.807, 2.05) is 13.8 Å². The SMILES string of the molecule is CCCCCOC(=O)OC(C)(CC)OP(=O)(NC(=N)N(C)C(Cc1ccccc1)C(=O)O)OC(C)(CC)OC(=O)OCCCCC. The van der Waals surface area contributed by atoms with Crippen LogP contribution in [-0.4, -0.2) is 72.1 Å². The van der Waals surface area contributed by atoms with Crippen LogP contribution in [0.1, 0.15) is 98.5 Å². The second kappa shape index (κ2) is 20.0. The van der Waals surface area contributed by atoms with Gasteiger partial charge in [0.25, 0.3) is 0 Å². The first-order valence-electron chi connectivity index (χ1n) is 15.7. The Labute approximate surface area is 272 Å². The Morgan fingerprint density at radius 3 is 1.72 bits per heavy atom. The van der Waals surface area contributed by atoms with Crippen LogP contribution in [0.25, 0.3) is 0 Å². The Morgan fingerprint density at radius 1 is 0.870 bits per heavy atom. The first kappa shape index (κ1) is 40.7. The topological polar surface area (TPSA) is 183 Å². The van der Waals surface area contributed by atoms with Crippen LogP contribution in [0.15, 0.2) is 30.3 Å². The van der Waals surface area contributed by atoms with E-state index in [1.165, 1.54) is 20.9 Å². The molecular formula is C31H52N3O11P. The summed E-state index contributed by atoms with van der Waals surface area (Å²) in [5.41, 5.74) is 0.694. The van der Waals surface area contributed by atoms with Crippen LogP contribution in [0.2, 0.25) is 0 Å². The Bertz CT molecular complexity index is 1110. The summed E-state index contributed by atoms with van der Waals surface area (Å²) in [6, 6.07) is 7.54. The normalized spacial score (nSPS) is 15.6. The first-order chi connectivity index (χ1) is 21.6. The average molecular weight is 674 g/mol. The van der Waals surface area contributed by atoms with Crippen molar-refractivity contribution in [2.75, 3.05) is 20.3 Å². The van der Waals surface area contributed by atoms with Crippen molar-refractivity contribution in [3.63, 3.8) is 0 Å². The molecule has 0 fully saturated rings. The number of guanidine groups is 1. The van der Waals surface area contributed by atoms with E-state index in [-0.39, 0.29) is 32.5 Å². The Hall–Kier alpha value is -3.35. The van der Waals surface area contributed by atoms with Gasteiger partial charge in [0.05, 0.1) is 13.2 Å². The number of carbonyl (C=O) groups is 3. The zero-order chi connectivity index (χ0) is 34.8. The molecule has 0 spiro atoms. The van der Waals surface area contributed by atoms with E-state index < -0.39 is 49.6 Å². The third-order valence-corrected chi connectivity index (χ3v) is 8.80. The molecule has 1 aromatic rings. The highest BCUT2D eigenvalue weighted by atomic mass is 31.2. The van der Waals surface area contributed by atoms with Crippen molar-refractivity contribution in [3.8, 4) is 0 Å². The van der Waals surface area contributed by atoms with Gasteiger partial charge in [0.15, 0.2) is 0 Å². The molecule has 1 aromatic carbocycles. The second-order valence-electron chi connectivity index (χ2n) is 11.1. The third kappa shape index (κ3) is 14.8. The van der Waals surface area contributed by atoms with E-state index in [1.54, 1.807) is 44.2 Å². The van der Waals surface area contributed by atoms with Crippen LogP contribution in [0.4, 0.5) is 9.59 Å². The molecule has 0 radical (unpaired) electrons. The number of ether oxygens (including phenoxy) is 4. The molecule has 0 aliphatic heterocycles. The molecule has 3 atom stereocenters. The van der Waals surface area contributed by atoms with Crippen LogP contribution in [-0.2, 0) is 43.8 Å². The second-order valence-corrected chi connectivity index (χ2v) is 12.7. The fourth-order valence-electron chi connectivity index (χ4n) is 3.90. The van der Waals surface area contributed by atoms with Gasteiger partial charge in [-0.05, 0) is 18.4 Å². The van der Waals surface area contributed by atoms with Gasteiger partial charge in [-0.2, -0.15) is 0 Å². The summed E-state index contributed by atoms with van der Waals surface area (Å²) in [6.45, 7) is 10.0. The highest BCUT2D eigenvalue weighted by molar-refractivity contribution is 7.52. The summed E-state index contributed by atoms with van der Waals surface area (Å²) >= 11 is 0. The lowest BCUT2D eigenvalue weighted by Crippen LogP contribution is -2.49. The van der Waals surface area contributed by atoms with Crippen LogP contribution in [0.3, 0.4) is 0 Å². The van der Waals surface area contributed by atoms with Crippen LogP contribution >= 0.6 is 7.75 Å². The maximum Gasteiger partial charge on any atom is 0.510 e. The van der Waals surface area contributed by atoms with Crippen LogP contribution in [0.5, 0.6) is 0 Å². The van der Waals surface area contributed by atoms with Crippen molar-refractivity contribution in [2.45, 2.75) is 117 Å². The minimum atomic E-state index is -4.82. The molecule has 0 aliphatic carbocycles. The molecule has 46 heavy (non-hydrogen) atoms. The number of benzene rings is 1. The lowest BCUT2D eigenvalue weighted by Gasteiger charge is -2.37. The number of nitrogens with one attached hydrogen (secondary N) is 2. The van der Waals surface area contributed by atoms with Gasteiger partial charge < -0.3 is 29.0 Å². The summed E-state index contributed by atoms with van der Waals surface area (Å²) in [4.78, 5) is 38.3. The Kier molecular flexibility index (Phi) is 17.7. The molecule has 0 amide bonds. The van der Waals surface area contributed by atoms with Crippen molar-refractivity contribution in [3.05, 3.63) is 35.9 Å². The molecule has 0 saturated carbocycles. The molecule has 262 valence electrons. The highest BCUT2D eigenvalue weighted by Gasteiger charge is 2.47. The minimum Gasteiger partial charge on any atom is -0.480 e. The molecule has 15 heteroatoms. The Balaban J connectivity index is 3.32. The molecule has 1 rings (SSSR count). The number of likely N-dealkylation sites (N-methyl/N-ethyl adjacent to an activating group) is 1. The number of hydrogen-bond donors (Lipinski definition) is 3. The number of carbonyl (C=O) groups excluding carboxylic acids is 2. The zero-order valence-corrected chi connectivity index (χ0v) is 29.1. The molecule has 0 bridgehead atoms.